The minimum atomic E-state index is -5.69. The Kier molecular flexibility index (Phi) is 49.8. The predicted octanol–water partition coefficient (Wildman–Crippen LogP) is 10.4. The van der Waals surface area contributed by atoms with Crippen molar-refractivity contribution in [3.63, 3.8) is 0 Å². The van der Waals surface area contributed by atoms with Gasteiger partial charge in [0.05, 0.1) is 13.2 Å². The van der Waals surface area contributed by atoms with Crippen LogP contribution >= 0.6 is 7.82 Å². The van der Waals surface area contributed by atoms with Crippen LogP contribution in [0.25, 0.3) is 0 Å². The summed E-state index contributed by atoms with van der Waals surface area (Å²) in [6.07, 6.45) is 12.8. The molecule has 97 heavy (non-hydrogen) atoms. The van der Waals surface area contributed by atoms with Crippen molar-refractivity contribution in [3.05, 3.63) is 12.2 Å². The van der Waals surface area contributed by atoms with Crippen molar-refractivity contribution >= 4 is 25.7 Å². The van der Waals surface area contributed by atoms with Crippen molar-refractivity contribution in [1.29, 1.82) is 0 Å². The Morgan fingerprint density at radius 1 is 0.392 bits per heavy atom. The Bertz CT molecular complexity index is 2060. The average Bonchev–Trinajstić information content (AvgIpc) is 0.763. The summed E-state index contributed by atoms with van der Waals surface area (Å²) in [5.74, 6) is -2.00. The first-order chi connectivity index (χ1) is 46.8. The molecule has 1 saturated carbocycles. The van der Waals surface area contributed by atoms with Crippen LogP contribution in [0, 0.1) is 0 Å². The SMILES string of the molecule is CCCCCCCCC/C=C\CCCCCC(=O)OCC(COP(=O)(O)OC1C(OC2OC(CO)C(O)C(O)C2O)C(O)C(O)C(O)C1OC1OC(COC(=O)CCCCCCCCCCCCCCCCC)C(O)C(O)C1O)OC(=O)CCCCCCCCCCCCCCC. The summed E-state index contributed by atoms with van der Waals surface area (Å²) < 4.78 is 65.0. The van der Waals surface area contributed by atoms with E-state index in [2.05, 4.69) is 32.9 Å². The molecule has 1 aliphatic carbocycles. The number of aliphatic hydroxyl groups excluding tert-OH is 10. The van der Waals surface area contributed by atoms with Crippen LogP contribution in [-0.2, 0) is 61.2 Å². The molecular formula is C72H133O24P. The van der Waals surface area contributed by atoms with Crippen LogP contribution in [0.5, 0.6) is 0 Å². The lowest BCUT2D eigenvalue weighted by molar-refractivity contribution is -0.360. The van der Waals surface area contributed by atoms with Gasteiger partial charge in [0.15, 0.2) is 18.7 Å². The fraction of sp³-hybridized carbons (Fsp3) is 0.931. The van der Waals surface area contributed by atoms with Gasteiger partial charge in [0, 0.05) is 19.3 Å². The van der Waals surface area contributed by atoms with Crippen LogP contribution in [0.4, 0.5) is 0 Å². The number of ether oxygens (including phenoxy) is 7. The summed E-state index contributed by atoms with van der Waals surface area (Å²) in [5.41, 5.74) is 0. The van der Waals surface area contributed by atoms with Crippen molar-refractivity contribution in [2.75, 3.05) is 26.4 Å². The molecule has 0 aromatic rings. The van der Waals surface area contributed by atoms with Crippen molar-refractivity contribution in [1.82, 2.24) is 0 Å². The first kappa shape index (κ1) is 88.9. The van der Waals surface area contributed by atoms with Gasteiger partial charge in [-0.1, -0.05) is 245 Å². The first-order valence-corrected chi connectivity index (χ1v) is 39.5. The Labute approximate surface area is 580 Å². The highest BCUT2D eigenvalue weighted by atomic mass is 31.2. The molecule has 0 radical (unpaired) electrons. The first-order valence-electron chi connectivity index (χ1n) is 38.0. The normalized spacial score (nSPS) is 27.8. The van der Waals surface area contributed by atoms with Gasteiger partial charge in [-0.15, -0.1) is 0 Å². The van der Waals surface area contributed by atoms with E-state index in [1.54, 1.807) is 0 Å². The number of phosphoric acid groups is 1. The van der Waals surface area contributed by atoms with Crippen molar-refractivity contribution in [2.24, 2.45) is 0 Å². The van der Waals surface area contributed by atoms with Gasteiger partial charge < -0.3 is 89.1 Å². The molecule has 0 aromatic carbocycles. The number of aliphatic hydroxyl groups is 10. The number of carbonyl (C=O) groups excluding carboxylic acids is 3. The zero-order valence-corrected chi connectivity index (χ0v) is 60.3. The summed E-state index contributed by atoms with van der Waals surface area (Å²) >= 11 is 0. The number of esters is 3. The van der Waals surface area contributed by atoms with E-state index in [4.69, 9.17) is 42.2 Å². The molecule has 0 aromatic heterocycles. The molecule has 25 heteroatoms. The second kappa shape index (κ2) is 54.4. The molecule has 0 bridgehead atoms. The molecule has 0 amide bonds. The zero-order chi connectivity index (χ0) is 71.1. The highest BCUT2D eigenvalue weighted by Crippen LogP contribution is 2.49. The third-order valence-electron chi connectivity index (χ3n) is 18.8. The molecule has 2 aliphatic heterocycles. The summed E-state index contributed by atoms with van der Waals surface area (Å²) in [5, 5.41) is 110. The van der Waals surface area contributed by atoms with Crippen LogP contribution in [0.15, 0.2) is 12.2 Å². The average molecular weight is 1410 g/mol. The van der Waals surface area contributed by atoms with Crippen LogP contribution in [0.1, 0.15) is 297 Å². The molecule has 11 N–H and O–H groups in total. The van der Waals surface area contributed by atoms with Gasteiger partial charge in [-0.25, -0.2) is 4.57 Å². The molecule has 0 spiro atoms. The lowest BCUT2D eigenvalue weighted by Crippen LogP contribution is -2.69. The van der Waals surface area contributed by atoms with E-state index in [9.17, 15) is 74.9 Å². The Morgan fingerprint density at radius 2 is 0.722 bits per heavy atom. The Morgan fingerprint density at radius 3 is 1.12 bits per heavy atom. The highest BCUT2D eigenvalue weighted by molar-refractivity contribution is 7.47. The molecule has 3 fully saturated rings. The maximum absolute atomic E-state index is 14.3. The van der Waals surface area contributed by atoms with Gasteiger partial charge in [-0.05, 0) is 44.9 Å². The van der Waals surface area contributed by atoms with Gasteiger partial charge in [-0.2, -0.15) is 0 Å². The van der Waals surface area contributed by atoms with Crippen LogP contribution in [0.2, 0.25) is 0 Å². The minimum absolute atomic E-state index is 0.0279. The lowest BCUT2D eigenvalue weighted by Gasteiger charge is -2.49. The fourth-order valence-corrected chi connectivity index (χ4v) is 13.5. The number of phosphoric ester groups is 1. The van der Waals surface area contributed by atoms with Gasteiger partial charge >= 0.3 is 25.7 Å². The molecule has 18 atom stereocenters. The van der Waals surface area contributed by atoms with Crippen LogP contribution < -0.4 is 0 Å². The molecule has 2 heterocycles. The standard InChI is InChI=1S/C72H133O24P/c1-4-7-10-13-16-19-22-25-27-30-32-35-38-41-44-47-57(75)89-52-55-60(78)62(80)67(85)72(93-55)95-69-65(83)63(81)64(82)68(94-71-66(84)61(79)59(77)54(49-73)92-71)70(69)96-97(86,87)90-51-53(91-58(76)48-45-42-39-36-33-28-24-21-18-15-12-9-6-3)50-88-56(74)46-43-40-37-34-31-29-26-23-20-17-14-11-8-5-2/h29,31,53-55,59-73,77-85H,4-28,30,32-52H2,1-3H3,(H,86,87)/b31-29-. The second-order valence-electron chi connectivity index (χ2n) is 27.4. The van der Waals surface area contributed by atoms with Crippen LogP contribution in [-0.4, -0.2) is 204 Å². The third kappa shape index (κ3) is 37.6. The van der Waals surface area contributed by atoms with E-state index in [0.717, 1.165) is 96.3 Å². The molecule has 3 aliphatic rings. The lowest BCUT2D eigenvalue weighted by atomic mass is 9.84. The summed E-state index contributed by atoms with van der Waals surface area (Å²) in [6, 6.07) is 0. The highest BCUT2D eigenvalue weighted by Gasteiger charge is 2.58. The van der Waals surface area contributed by atoms with E-state index in [1.165, 1.54) is 141 Å². The van der Waals surface area contributed by atoms with Crippen LogP contribution in [0.3, 0.4) is 0 Å². The zero-order valence-electron chi connectivity index (χ0n) is 59.4. The third-order valence-corrected chi connectivity index (χ3v) is 19.8. The second-order valence-corrected chi connectivity index (χ2v) is 28.8. The van der Waals surface area contributed by atoms with E-state index in [-0.39, 0.29) is 19.3 Å². The molecule has 18 unspecified atom stereocenters. The van der Waals surface area contributed by atoms with E-state index < -0.39 is 156 Å². The molecule has 24 nitrogen and oxygen atoms in total. The molecular weight excluding hydrogens is 1280 g/mol. The largest absolute Gasteiger partial charge is 0.472 e. The Balaban J connectivity index is 1.73. The van der Waals surface area contributed by atoms with Gasteiger partial charge in [0.1, 0.15) is 98.7 Å². The molecule has 2 saturated heterocycles. The summed E-state index contributed by atoms with van der Waals surface area (Å²) in [7, 11) is -5.69. The number of allylic oxidation sites excluding steroid dienone is 2. The number of hydrogen-bond donors (Lipinski definition) is 11. The van der Waals surface area contributed by atoms with Crippen molar-refractivity contribution < 1.29 is 117 Å². The monoisotopic (exact) mass is 1410 g/mol. The molecule has 570 valence electrons. The number of rotatable bonds is 59. The fourth-order valence-electron chi connectivity index (χ4n) is 12.6. The van der Waals surface area contributed by atoms with Crippen molar-refractivity contribution in [2.45, 2.75) is 401 Å². The topological polar surface area (TPSA) is 374 Å². The maximum atomic E-state index is 14.3. The number of hydrogen-bond acceptors (Lipinski definition) is 23. The van der Waals surface area contributed by atoms with E-state index in [0.29, 0.717) is 19.3 Å². The minimum Gasteiger partial charge on any atom is -0.463 e. The van der Waals surface area contributed by atoms with E-state index >= 15 is 0 Å². The maximum Gasteiger partial charge on any atom is 0.472 e. The molecule has 3 rings (SSSR count). The summed E-state index contributed by atoms with van der Waals surface area (Å²) in [6.45, 7) is 3.44. The number of unbranched alkanes of at least 4 members (excludes halogenated alkanes) is 36. The van der Waals surface area contributed by atoms with Crippen molar-refractivity contribution in [3.8, 4) is 0 Å². The van der Waals surface area contributed by atoms with Gasteiger partial charge in [0.2, 0.25) is 0 Å². The summed E-state index contributed by atoms with van der Waals surface area (Å²) in [4.78, 5) is 51.0. The van der Waals surface area contributed by atoms with Gasteiger partial charge in [-0.3, -0.25) is 23.4 Å². The Hall–Kier alpha value is -2.30. The van der Waals surface area contributed by atoms with E-state index in [1.807, 2.05) is 0 Å². The smallest absolute Gasteiger partial charge is 0.463 e. The number of carbonyl (C=O) groups is 3. The van der Waals surface area contributed by atoms with Gasteiger partial charge in [0.25, 0.3) is 0 Å². The quantitative estimate of drug-likeness (QED) is 0.00886. The predicted molar refractivity (Wildman–Crippen MR) is 365 cm³/mol.